The number of rotatable bonds is 2. The lowest BCUT2D eigenvalue weighted by Crippen LogP contribution is -2.44. The quantitative estimate of drug-likeness (QED) is 0.751. The number of fused-ring (bicyclic) bond motifs is 2. The Labute approximate surface area is 132 Å². The van der Waals surface area contributed by atoms with Crippen LogP contribution in [0.2, 0.25) is 0 Å². The van der Waals surface area contributed by atoms with Gasteiger partial charge < -0.3 is 4.74 Å². The Kier molecular flexibility index (Phi) is 2.26. The summed E-state index contributed by atoms with van der Waals surface area (Å²) in [5.74, 6) is 1.64. The van der Waals surface area contributed by atoms with Gasteiger partial charge in [-0.3, -0.25) is 0 Å². The van der Waals surface area contributed by atoms with Gasteiger partial charge in [-0.1, -0.05) is 24.6 Å². The fraction of sp³-hybridized carbons (Fsp3) is 0.650. The number of carbonyl (C=O) groups excluding carboxylic acids is 1. The van der Waals surface area contributed by atoms with Crippen molar-refractivity contribution in [3.63, 3.8) is 0 Å². The van der Waals surface area contributed by atoms with Crippen LogP contribution in [0, 0.1) is 29.6 Å². The summed E-state index contributed by atoms with van der Waals surface area (Å²) in [6.45, 7) is 4.48. The van der Waals surface area contributed by atoms with E-state index < -0.39 is 0 Å². The van der Waals surface area contributed by atoms with Crippen molar-refractivity contribution in [2.75, 3.05) is 0 Å². The van der Waals surface area contributed by atoms with Crippen LogP contribution in [0.1, 0.15) is 61.4 Å². The van der Waals surface area contributed by atoms with Crippen LogP contribution in [-0.4, -0.2) is 11.6 Å². The molecule has 116 valence electrons. The predicted molar refractivity (Wildman–Crippen MR) is 84.5 cm³/mol. The molecule has 4 saturated carbocycles. The van der Waals surface area contributed by atoms with Crippen LogP contribution in [0.4, 0.5) is 0 Å². The Morgan fingerprint density at radius 1 is 1.09 bits per heavy atom. The monoisotopic (exact) mass is 296 g/mol. The fourth-order valence-electron chi connectivity index (χ4n) is 6.89. The lowest BCUT2D eigenvalue weighted by molar-refractivity contribution is -0.0610. The minimum absolute atomic E-state index is 0.112. The number of benzene rings is 1. The zero-order valence-electron chi connectivity index (χ0n) is 13.5. The van der Waals surface area contributed by atoms with Crippen molar-refractivity contribution in [2.24, 2.45) is 22.7 Å². The highest BCUT2D eigenvalue weighted by molar-refractivity contribution is 5.89. The van der Waals surface area contributed by atoms with E-state index in [1.807, 2.05) is 31.2 Å². The topological polar surface area (TPSA) is 26.3 Å². The summed E-state index contributed by atoms with van der Waals surface area (Å²) in [6, 6.07) is 7.79. The molecule has 1 aromatic carbocycles. The SMILES string of the molecule is Cc1ccc(C(=O)OC23CC4CC5CC(C)(C2)CC54C3)cc1. The van der Waals surface area contributed by atoms with Gasteiger partial charge in [0.15, 0.2) is 0 Å². The van der Waals surface area contributed by atoms with Crippen LogP contribution in [0.25, 0.3) is 0 Å². The Bertz CT molecular complexity index is 659. The molecule has 4 aliphatic rings. The zero-order valence-corrected chi connectivity index (χ0v) is 13.5. The summed E-state index contributed by atoms with van der Waals surface area (Å²) in [6.07, 6.45) is 7.50. The summed E-state index contributed by atoms with van der Waals surface area (Å²) in [5, 5.41) is 0. The van der Waals surface area contributed by atoms with E-state index in [1.54, 1.807) is 0 Å². The number of ether oxygens (including phenoxy) is 1. The average molecular weight is 296 g/mol. The normalized spacial score (nSPS) is 47.2. The second-order valence-electron chi connectivity index (χ2n) is 9.05. The predicted octanol–water partition coefficient (Wildman–Crippen LogP) is 4.51. The van der Waals surface area contributed by atoms with Gasteiger partial charge in [0.05, 0.1) is 5.56 Å². The molecule has 0 heterocycles. The van der Waals surface area contributed by atoms with Crippen LogP contribution in [-0.2, 0) is 4.74 Å². The molecule has 0 aliphatic heterocycles. The van der Waals surface area contributed by atoms with Crippen molar-refractivity contribution in [1.29, 1.82) is 0 Å². The van der Waals surface area contributed by atoms with E-state index in [4.69, 9.17) is 4.74 Å². The summed E-state index contributed by atoms with van der Waals surface area (Å²) >= 11 is 0. The maximum atomic E-state index is 12.6. The van der Waals surface area contributed by atoms with E-state index in [0.717, 1.165) is 31.1 Å². The molecule has 0 amide bonds. The summed E-state index contributed by atoms with van der Waals surface area (Å²) in [5.41, 5.74) is 2.68. The molecule has 5 rings (SSSR count). The first-order valence-electron chi connectivity index (χ1n) is 8.72. The molecule has 2 nitrogen and oxygen atoms in total. The molecular formula is C20H24O2. The van der Waals surface area contributed by atoms with Crippen LogP contribution >= 0.6 is 0 Å². The van der Waals surface area contributed by atoms with Gasteiger partial charge >= 0.3 is 5.97 Å². The van der Waals surface area contributed by atoms with Gasteiger partial charge in [0.25, 0.3) is 0 Å². The first kappa shape index (κ1) is 13.2. The first-order chi connectivity index (χ1) is 10.4. The molecule has 1 spiro atoms. The van der Waals surface area contributed by atoms with Crippen LogP contribution in [0.3, 0.4) is 0 Å². The molecule has 0 radical (unpaired) electrons. The highest BCUT2D eigenvalue weighted by atomic mass is 16.6. The summed E-state index contributed by atoms with van der Waals surface area (Å²) < 4.78 is 6.19. The highest BCUT2D eigenvalue weighted by Crippen LogP contribution is 2.80. The highest BCUT2D eigenvalue weighted by Gasteiger charge is 2.75. The molecule has 3 bridgehead atoms. The second kappa shape index (κ2) is 3.77. The van der Waals surface area contributed by atoms with Gasteiger partial charge in [-0.15, -0.1) is 0 Å². The molecule has 5 atom stereocenters. The maximum absolute atomic E-state index is 12.6. The molecule has 0 saturated heterocycles. The Morgan fingerprint density at radius 2 is 1.82 bits per heavy atom. The molecule has 2 heteroatoms. The molecule has 0 N–H and O–H groups in total. The molecule has 22 heavy (non-hydrogen) atoms. The number of aryl methyl sites for hydroxylation is 1. The molecule has 0 aromatic heterocycles. The van der Waals surface area contributed by atoms with E-state index in [0.29, 0.717) is 16.4 Å². The van der Waals surface area contributed by atoms with Gasteiger partial charge in [-0.25, -0.2) is 4.79 Å². The fourth-order valence-corrected chi connectivity index (χ4v) is 6.89. The Hall–Kier alpha value is -1.31. The van der Waals surface area contributed by atoms with E-state index in [2.05, 4.69) is 6.92 Å². The zero-order chi connectivity index (χ0) is 15.2. The number of esters is 1. The minimum Gasteiger partial charge on any atom is -0.455 e. The van der Waals surface area contributed by atoms with Crippen LogP contribution < -0.4 is 0 Å². The van der Waals surface area contributed by atoms with Crippen molar-refractivity contribution in [3.05, 3.63) is 35.4 Å². The van der Waals surface area contributed by atoms with Gasteiger partial charge in [0.2, 0.25) is 0 Å². The number of hydrogen-bond donors (Lipinski definition) is 0. The maximum Gasteiger partial charge on any atom is 0.338 e. The van der Waals surface area contributed by atoms with Crippen molar-refractivity contribution in [2.45, 2.75) is 58.0 Å². The largest absolute Gasteiger partial charge is 0.455 e. The molecular weight excluding hydrogens is 272 g/mol. The average Bonchev–Trinajstić information content (AvgIpc) is 2.73. The van der Waals surface area contributed by atoms with Crippen molar-refractivity contribution >= 4 is 5.97 Å². The molecule has 4 aliphatic carbocycles. The van der Waals surface area contributed by atoms with Crippen LogP contribution in [0.15, 0.2) is 24.3 Å². The lowest BCUT2D eigenvalue weighted by Gasteiger charge is -2.49. The van der Waals surface area contributed by atoms with E-state index in [1.165, 1.54) is 24.8 Å². The standard InChI is InChI=1S/C20H24O2/c1-13-3-5-14(6-4-13)17(21)22-19-9-16-7-15-8-18(2,10-19)11-20(15,16)12-19/h3-6,15-16H,7-12H2,1-2H3. The third kappa shape index (κ3) is 1.54. The third-order valence-corrected chi connectivity index (χ3v) is 7.31. The van der Waals surface area contributed by atoms with E-state index >= 15 is 0 Å². The molecule has 4 fully saturated rings. The third-order valence-electron chi connectivity index (χ3n) is 7.31. The number of hydrogen-bond acceptors (Lipinski definition) is 2. The Morgan fingerprint density at radius 3 is 2.59 bits per heavy atom. The molecule has 1 aromatic rings. The van der Waals surface area contributed by atoms with E-state index in [-0.39, 0.29) is 11.6 Å². The Balaban J connectivity index is 1.44. The van der Waals surface area contributed by atoms with Crippen molar-refractivity contribution in [1.82, 2.24) is 0 Å². The second-order valence-corrected chi connectivity index (χ2v) is 9.05. The van der Waals surface area contributed by atoms with Crippen molar-refractivity contribution < 1.29 is 9.53 Å². The van der Waals surface area contributed by atoms with E-state index in [9.17, 15) is 4.79 Å². The smallest absolute Gasteiger partial charge is 0.338 e. The van der Waals surface area contributed by atoms with Crippen molar-refractivity contribution in [3.8, 4) is 0 Å². The van der Waals surface area contributed by atoms with Crippen LogP contribution in [0.5, 0.6) is 0 Å². The number of carbonyl (C=O) groups is 1. The summed E-state index contributed by atoms with van der Waals surface area (Å²) in [4.78, 5) is 12.6. The lowest BCUT2D eigenvalue weighted by atomic mass is 9.55. The van der Waals surface area contributed by atoms with Gasteiger partial charge in [-0.05, 0) is 80.2 Å². The molecule has 5 unspecified atom stereocenters. The minimum atomic E-state index is -0.162. The van der Waals surface area contributed by atoms with Gasteiger partial charge in [-0.2, -0.15) is 0 Å². The first-order valence-corrected chi connectivity index (χ1v) is 8.72. The van der Waals surface area contributed by atoms with Gasteiger partial charge in [0.1, 0.15) is 5.60 Å². The van der Waals surface area contributed by atoms with Gasteiger partial charge in [0, 0.05) is 0 Å². The summed E-state index contributed by atoms with van der Waals surface area (Å²) in [7, 11) is 0.